The number of halogens is 1. The van der Waals surface area contributed by atoms with E-state index >= 15 is 0 Å². The molecule has 0 amide bonds. The van der Waals surface area contributed by atoms with Crippen molar-refractivity contribution in [2.45, 2.75) is 31.8 Å². The number of hydrogen-bond acceptors (Lipinski definition) is 3. The summed E-state index contributed by atoms with van der Waals surface area (Å²) in [6.45, 7) is 5.24. The van der Waals surface area contributed by atoms with Crippen molar-refractivity contribution in [2.24, 2.45) is 0 Å². The number of methoxy groups -OCH3 is 1. The first-order chi connectivity index (χ1) is 8.00. The maximum absolute atomic E-state index is 13.5. The average Bonchev–Trinajstić information content (AvgIpc) is 2.58. The Morgan fingerprint density at radius 1 is 1.47 bits per heavy atom. The van der Waals surface area contributed by atoms with Gasteiger partial charge in [-0.1, -0.05) is 0 Å². The largest absolute Gasteiger partial charge is 0.494 e. The lowest BCUT2D eigenvalue weighted by atomic mass is 10.0. The molecule has 1 saturated heterocycles. The molecule has 1 aliphatic heterocycles. The number of ether oxygens (including phenoxy) is 1. The van der Waals surface area contributed by atoms with Gasteiger partial charge < -0.3 is 15.4 Å². The first-order valence-corrected chi connectivity index (χ1v) is 5.85. The summed E-state index contributed by atoms with van der Waals surface area (Å²) in [7, 11) is 1.47. The van der Waals surface area contributed by atoms with E-state index in [-0.39, 0.29) is 17.1 Å². The van der Waals surface area contributed by atoms with Crippen molar-refractivity contribution in [3.8, 4) is 5.75 Å². The van der Waals surface area contributed by atoms with E-state index in [9.17, 15) is 4.39 Å². The maximum Gasteiger partial charge on any atom is 0.167 e. The Hall–Kier alpha value is -1.29. The van der Waals surface area contributed by atoms with Gasteiger partial charge in [-0.3, -0.25) is 0 Å². The predicted octanol–water partition coefficient (Wildman–Crippen LogP) is 2.39. The van der Waals surface area contributed by atoms with Crippen molar-refractivity contribution >= 4 is 5.69 Å². The molecule has 0 aliphatic carbocycles. The van der Waals surface area contributed by atoms with Gasteiger partial charge in [0, 0.05) is 29.9 Å². The third kappa shape index (κ3) is 2.88. The van der Waals surface area contributed by atoms with E-state index in [2.05, 4.69) is 24.5 Å². The fraction of sp³-hybridized carbons (Fsp3) is 0.538. The Balaban J connectivity index is 2.02. The number of rotatable bonds is 3. The van der Waals surface area contributed by atoms with Crippen LogP contribution in [0.4, 0.5) is 10.1 Å². The zero-order valence-electron chi connectivity index (χ0n) is 10.5. The summed E-state index contributed by atoms with van der Waals surface area (Å²) in [5, 5.41) is 6.75. The fourth-order valence-electron chi connectivity index (χ4n) is 2.25. The molecule has 0 saturated carbocycles. The summed E-state index contributed by atoms with van der Waals surface area (Å²) in [6.07, 6.45) is 1.03. The molecule has 1 aliphatic rings. The standard InChI is InChI=1S/C13H19FN2O/c1-13(2)7-10(8-15-13)16-9-4-5-12(17-3)11(14)6-9/h4-6,10,15-16H,7-8H2,1-3H3. The van der Waals surface area contributed by atoms with E-state index in [1.54, 1.807) is 6.07 Å². The highest BCUT2D eigenvalue weighted by Gasteiger charge is 2.30. The molecule has 1 atom stereocenters. The monoisotopic (exact) mass is 238 g/mol. The zero-order valence-corrected chi connectivity index (χ0v) is 10.5. The normalized spacial score (nSPS) is 22.5. The SMILES string of the molecule is COc1ccc(NC2CNC(C)(C)C2)cc1F. The van der Waals surface area contributed by atoms with E-state index in [0.717, 1.165) is 18.7 Å². The lowest BCUT2D eigenvalue weighted by molar-refractivity contribution is 0.386. The third-order valence-corrected chi connectivity index (χ3v) is 3.11. The van der Waals surface area contributed by atoms with Crippen LogP contribution in [0.25, 0.3) is 0 Å². The minimum atomic E-state index is -0.331. The second kappa shape index (κ2) is 4.53. The molecule has 1 aromatic carbocycles. The molecule has 4 heteroatoms. The Morgan fingerprint density at radius 3 is 2.76 bits per heavy atom. The molecule has 94 valence electrons. The average molecular weight is 238 g/mol. The van der Waals surface area contributed by atoms with Crippen LogP contribution in [0.5, 0.6) is 5.75 Å². The summed E-state index contributed by atoms with van der Waals surface area (Å²) in [4.78, 5) is 0. The lowest BCUT2D eigenvalue weighted by Gasteiger charge is -2.18. The summed E-state index contributed by atoms with van der Waals surface area (Å²) in [5.41, 5.74) is 0.954. The number of benzene rings is 1. The van der Waals surface area contributed by atoms with Crippen LogP contribution < -0.4 is 15.4 Å². The maximum atomic E-state index is 13.5. The molecule has 2 N–H and O–H groups in total. The van der Waals surface area contributed by atoms with Crippen molar-refractivity contribution in [1.82, 2.24) is 5.32 Å². The van der Waals surface area contributed by atoms with Crippen LogP contribution in [0.1, 0.15) is 20.3 Å². The molecule has 0 spiro atoms. The lowest BCUT2D eigenvalue weighted by Crippen LogP contribution is -2.31. The summed E-state index contributed by atoms with van der Waals surface area (Å²) < 4.78 is 18.4. The molecule has 0 radical (unpaired) electrons. The van der Waals surface area contributed by atoms with E-state index in [1.807, 2.05) is 6.07 Å². The van der Waals surface area contributed by atoms with Gasteiger partial charge in [0.25, 0.3) is 0 Å². The Bertz CT molecular complexity index is 406. The quantitative estimate of drug-likeness (QED) is 0.848. The predicted molar refractivity (Wildman–Crippen MR) is 67.1 cm³/mol. The number of nitrogens with one attached hydrogen (secondary N) is 2. The molecule has 1 unspecified atom stereocenters. The Kier molecular flexibility index (Phi) is 3.24. The topological polar surface area (TPSA) is 33.3 Å². The summed E-state index contributed by atoms with van der Waals surface area (Å²) in [6, 6.07) is 5.31. The molecule has 0 aromatic heterocycles. The molecule has 17 heavy (non-hydrogen) atoms. The van der Waals surface area contributed by atoms with Crippen molar-refractivity contribution in [2.75, 3.05) is 19.0 Å². The van der Waals surface area contributed by atoms with Crippen LogP contribution in [0, 0.1) is 5.82 Å². The number of anilines is 1. The molecule has 1 fully saturated rings. The van der Waals surface area contributed by atoms with Crippen molar-refractivity contribution in [1.29, 1.82) is 0 Å². The van der Waals surface area contributed by atoms with E-state index in [4.69, 9.17) is 4.74 Å². The Labute approximate surface area is 101 Å². The highest BCUT2D eigenvalue weighted by Crippen LogP contribution is 2.24. The van der Waals surface area contributed by atoms with Crippen LogP contribution in [-0.2, 0) is 0 Å². The van der Waals surface area contributed by atoms with E-state index in [0.29, 0.717) is 6.04 Å². The molecule has 1 aromatic rings. The molecule has 3 nitrogen and oxygen atoms in total. The zero-order chi connectivity index (χ0) is 12.5. The second-order valence-corrected chi connectivity index (χ2v) is 5.16. The summed E-state index contributed by atoms with van der Waals surface area (Å²) >= 11 is 0. The van der Waals surface area contributed by atoms with Crippen molar-refractivity contribution < 1.29 is 9.13 Å². The van der Waals surface area contributed by atoms with Gasteiger partial charge in [0.1, 0.15) is 0 Å². The molecule has 1 heterocycles. The van der Waals surface area contributed by atoms with Crippen LogP contribution in [-0.4, -0.2) is 25.2 Å². The minimum absolute atomic E-state index is 0.155. The van der Waals surface area contributed by atoms with Crippen LogP contribution >= 0.6 is 0 Å². The molecule has 2 rings (SSSR count). The smallest absolute Gasteiger partial charge is 0.167 e. The van der Waals surface area contributed by atoms with Crippen LogP contribution in [0.15, 0.2) is 18.2 Å². The van der Waals surface area contributed by atoms with Gasteiger partial charge >= 0.3 is 0 Å². The highest BCUT2D eigenvalue weighted by molar-refractivity contribution is 5.48. The van der Waals surface area contributed by atoms with Crippen molar-refractivity contribution in [3.63, 3.8) is 0 Å². The van der Waals surface area contributed by atoms with Gasteiger partial charge in [0.2, 0.25) is 0 Å². The van der Waals surface area contributed by atoms with Gasteiger partial charge in [0.05, 0.1) is 7.11 Å². The van der Waals surface area contributed by atoms with Gasteiger partial charge in [-0.25, -0.2) is 4.39 Å². The number of hydrogen-bond donors (Lipinski definition) is 2. The first kappa shape index (κ1) is 12.2. The van der Waals surface area contributed by atoms with Gasteiger partial charge in [-0.05, 0) is 32.4 Å². The van der Waals surface area contributed by atoms with Gasteiger partial charge in [-0.2, -0.15) is 0 Å². The van der Waals surface area contributed by atoms with Crippen LogP contribution in [0.3, 0.4) is 0 Å². The van der Waals surface area contributed by atoms with Gasteiger partial charge in [-0.15, -0.1) is 0 Å². The van der Waals surface area contributed by atoms with E-state index < -0.39 is 0 Å². The van der Waals surface area contributed by atoms with Gasteiger partial charge in [0.15, 0.2) is 11.6 Å². The second-order valence-electron chi connectivity index (χ2n) is 5.16. The molecular formula is C13H19FN2O. The first-order valence-electron chi connectivity index (χ1n) is 5.85. The highest BCUT2D eigenvalue weighted by atomic mass is 19.1. The molecular weight excluding hydrogens is 219 g/mol. The summed E-state index contributed by atoms with van der Waals surface area (Å²) in [5.74, 6) is -0.0526. The Morgan fingerprint density at radius 2 is 2.24 bits per heavy atom. The van der Waals surface area contributed by atoms with Crippen molar-refractivity contribution in [3.05, 3.63) is 24.0 Å². The fourth-order valence-corrected chi connectivity index (χ4v) is 2.25. The third-order valence-electron chi connectivity index (χ3n) is 3.11. The minimum Gasteiger partial charge on any atom is -0.494 e. The van der Waals surface area contributed by atoms with Crippen LogP contribution in [0.2, 0.25) is 0 Å². The van der Waals surface area contributed by atoms with E-state index in [1.165, 1.54) is 13.2 Å². The molecule has 0 bridgehead atoms.